The molecule has 3 rings (SSSR count). The summed E-state index contributed by atoms with van der Waals surface area (Å²) >= 11 is 0. The first-order chi connectivity index (χ1) is 13.2. The minimum atomic E-state index is -0.209. The smallest absolute Gasteiger partial charge is 0.253 e. The Hall–Kier alpha value is -3.48. The molecule has 2 heterocycles. The van der Waals surface area contributed by atoms with Crippen LogP contribution in [-0.2, 0) is 13.1 Å². The monoisotopic (exact) mass is 367 g/mol. The van der Waals surface area contributed by atoms with E-state index in [0.717, 1.165) is 17.0 Å². The molecule has 1 amide bonds. The summed E-state index contributed by atoms with van der Waals surface area (Å²) in [7, 11) is 3.16. The second kappa shape index (κ2) is 8.75. The molecule has 27 heavy (non-hydrogen) atoms. The van der Waals surface area contributed by atoms with E-state index >= 15 is 0 Å². The van der Waals surface area contributed by atoms with Crippen LogP contribution < -0.4 is 20.1 Å². The second-order valence-electron chi connectivity index (χ2n) is 5.77. The number of rotatable bonds is 8. The van der Waals surface area contributed by atoms with E-state index in [2.05, 4.69) is 15.6 Å². The summed E-state index contributed by atoms with van der Waals surface area (Å²) in [5.41, 5.74) is 2.12. The highest BCUT2D eigenvalue weighted by Crippen LogP contribution is 2.27. The van der Waals surface area contributed by atoms with Gasteiger partial charge in [0.2, 0.25) is 0 Å². The maximum absolute atomic E-state index is 12.4. The highest BCUT2D eigenvalue weighted by atomic mass is 16.5. The molecule has 3 aromatic rings. The van der Waals surface area contributed by atoms with E-state index < -0.39 is 0 Å². The molecule has 0 radical (unpaired) electrons. The first kappa shape index (κ1) is 18.3. The number of benzene rings is 1. The molecule has 7 nitrogen and oxygen atoms in total. The van der Waals surface area contributed by atoms with Gasteiger partial charge in [0.05, 0.1) is 38.3 Å². The highest BCUT2D eigenvalue weighted by molar-refractivity contribution is 5.94. The number of pyridine rings is 1. The minimum Gasteiger partial charge on any atom is -0.493 e. The molecule has 140 valence electrons. The van der Waals surface area contributed by atoms with Crippen molar-refractivity contribution in [1.29, 1.82) is 0 Å². The Morgan fingerprint density at radius 2 is 1.93 bits per heavy atom. The Balaban J connectivity index is 1.60. The number of carbonyl (C=O) groups is 1. The van der Waals surface area contributed by atoms with Crippen molar-refractivity contribution in [3.8, 4) is 11.5 Å². The van der Waals surface area contributed by atoms with E-state index in [1.165, 1.54) is 6.20 Å². The maximum atomic E-state index is 12.4. The number of amides is 1. The molecule has 0 fully saturated rings. The number of carbonyl (C=O) groups excluding carboxylic acids is 1. The van der Waals surface area contributed by atoms with Crippen LogP contribution in [-0.4, -0.2) is 25.1 Å². The number of hydrogen-bond donors (Lipinski definition) is 2. The molecule has 0 saturated heterocycles. The van der Waals surface area contributed by atoms with Crippen LogP contribution in [0.4, 0.5) is 5.69 Å². The van der Waals surface area contributed by atoms with Crippen LogP contribution in [0, 0.1) is 0 Å². The highest BCUT2D eigenvalue weighted by Gasteiger charge is 2.09. The lowest BCUT2D eigenvalue weighted by atomic mass is 10.2. The van der Waals surface area contributed by atoms with E-state index in [0.29, 0.717) is 30.2 Å². The summed E-state index contributed by atoms with van der Waals surface area (Å²) in [6, 6.07) is 11.0. The average molecular weight is 367 g/mol. The Kier molecular flexibility index (Phi) is 5.94. The van der Waals surface area contributed by atoms with Crippen LogP contribution in [0.5, 0.6) is 11.5 Å². The normalized spacial score (nSPS) is 10.3. The van der Waals surface area contributed by atoms with Crippen molar-refractivity contribution in [3.05, 3.63) is 71.9 Å². The summed E-state index contributed by atoms with van der Waals surface area (Å²) in [5, 5.41) is 6.06. The van der Waals surface area contributed by atoms with Crippen molar-refractivity contribution in [3.63, 3.8) is 0 Å². The summed E-state index contributed by atoms with van der Waals surface area (Å²) in [6.45, 7) is 0.884. The van der Waals surface area contributed by atoms with Gasteiger partial charge >= 0.3 is 0 Å². The van der Waals surface area contributed by atoms with Gasteiger partial charge in [-0.05, 0) is 35.9 Å². The third-order valence-corrected chi connectivity index (χ3v) is 3.95. The number of ether oxygens (including phenoxy) is 2. The molecule has 0 aliphatic rings. The van der Waals surface area contributed by atoms with Crippen LogP contribution in [0.3, 0.4) is 0 Å². The van der Waals surface area contributed by atoms with Gasteiger partial charge in [0.25, 0.3) is 5.91 Å². The largest absolute Gasteiger partial charge is 0.493 e. The quantitative estimate of drug-likeness (QED) is 0.636. The fraction of sp³-hybridized carbons (Fsp3) is 0.200. The van der Waals surface area contributed by atoms with E-state index in [-0.39, 0.29) is 5.91 Å². The molecule has 0 saturated carbocycles. The first-order valence-electron chi connectivity index (χ1n) is 8.40. The first-order valence-corrected chi connectivity index (χ1v) is 8.40. The maximum Gasteiger partial charge on any atom is 0.253 e. The molecule has 0 atom stereocenters. The summed E-state index contributed by atoms with van der Waals surface area (Å²) in [6.07, 6.45) is 4.81. The fourth-order valence-corrected chi connectivity index (χ4v) is 2.54. The second-order valence-corrected chi connectivity index (χ2v) is 5.77. The number of nitrogens with one attached hydrogen (secondary N) is 2. The Bertz CT molecular complexity index is 894. The van der Waals surface area contributed by atoms with E-state index in [1.807, 2.05) is 24.3 Å². The number of anilines is 1. The van der Waals surface area contributed by atoms with Crippen molar-refractivity contribution < 1.29 is 18.7 Å². The summed E-state index contributed by atoms with van der Waals surface area (Å²) < 4.78 is 15.8. The van der Waals surface area contributed by atoms with Crippen LogP contribution >= 0.6 is 0 Å². The number of nitrogens with zero attached hydrogens (tertiary/aromatic N) is 1. The Labute approximate surface area is 157 Å². The Morgan fingerprint density at radius 3 is 2.67 bits per heavy atom. The van der Waals surface area contributed by atoms with Gasteiger partial charge < -0.3 is 24.5 Å². The molecule has 0 unspecified atom stereocenters. The van der Waals surface area contributed by atoms with Crippen molar-refractivity contribution in [2.24, 2.45) is 0 Å². The molecule has 1 aromatic carbocycles. The van der Waals surface area contributed by atoms with E-state index in [9.17, 15) is 4.79 Å². The Morgan fingerprint density at radius 1 is 1.07 bits per heavy atom. The standard InChI is InChI=1S/C20H21N3O4/c1-25-18-6-5-14(8-19(18)26-2)10-23-20(24)15-9-16(12-21-11-15)22-13-17-4-3-7-27-17/h3-9,11-12,22H,10,13H2,1-2H3,(H,23,24). The third kappa shape index (κ3) is 4.78. The molecule has 0 bridgehead atoms. The van der Waals surface area contributed by atoms with E-state index in [4.69, 9.17) is 13.9 Å². The SMILES string of the molecule is COc1ccc(CNC(=O)c2cncc(NCc3ccco3)c2)cc1OC. The molecule has 2 N–H and O–H groups in total. The molecule has 2 aromatic heterocycles. The average Bonchev–Trinajstić information content (AvgIpc) is 3.24. The van der Waals surface area contributed by atoms with Gasteiger partial charge in [-0.15, -0.1) is 0 Å². The molecule has 0 aliphatic heterocycles. The fourth-order valence-electron chi connectivity index (χ4n) is 2.54. The van der Waals surface area contributed by atoms with Gasteiger partial charge in [0.1, 0.15) is 5.76 Å². The van der Waals surface area contributed by atoms with Gasteiger partial charge in [0.15, 0.2) is 11.5 Å². The van der Waals surface area contributed by atoms with Gasteiger partial charge in [0, 0.05) is 18.9 Å². The lowest BCUT2D eigenvalue weighted by molar-refractivity contribution is 0.0950. The zero-order valence-electron chi connectivity index (χ0n) is 15.2. The molecular weight excluding hydrogens is 346 g/mol. The number of aromatic nitrogens is 1. The van der Waals surface area contributed by atoms with Crippen molar-refractivity contribution in [1.82, 2.24) is 10.3 Å². The van der Waals surface area contributed by atoms with Gasteiger partial charge in [-0.2, -0.15) is 0 Å². The van der Waals surface area contributed by atoms with Crippen LogP contribution in [0.25, 0.3) is 0 Å². The van der Waals surface area contributed by atoms with E-state index in [1.54, 1.807) is 38.8 Å². The number of methoxy groups -OCH3 is 2. The molecule has 0 spiro atoms. The molecule has 0 aliphatic carbocycles. The van der Waals surface area contributed by atoms with Crippen molar-refractivity contribution in [2.45, 2.75) is 13.1 Å². The summed E-state index contributed by atoms with van der Waals surface area (Å²) in [4.78, 5) is 16.5. The summed E-state index contributed by atoms with van der Waals surface area (Å²) in [5.74, 6) is 1.86. The lowest BCUT2D eigenvalue weighted by Crippen LogP contribution is -2.23. The van der Waals surface area contributed by atoms with Gasteiger partial charge in [-0.3, -0.25) is 9.78 Å². The number of hydrogen-bond acceptors (Lipinski definition) is 6. The van der Waals surface area contributed by atoms with Gasteiger partial charge in [-0.25, -0.2) is 0 Å². The third-order valence-electron chi connectivity index (χ3n) is 3.95. The zero-order chi connectivity index (χ0) is 19.1. The van der Waals surface area contributed by atoms with Crippen molar-refractivity contribution in [2.75, 3.05) is 19.5 Å². The minimum absolute atomic E-state index is 0.209. The molecular formula is C20H21N3O4. The predicted octanol–water partition coefficient (Wildman–Crippen LogP) is 3.23. The van der Waals surface area contributed by atoms with Crippen LogP contribution in [0.1, 0.15) is 21.7 Å². The topological polar surface area (TPSA) is 85.6 Å². The lowest BCUT2D eigenvalue weighted by Gasteiger charge is -2.11. The predicted molar refractivity (Wildman–Crippen MR) is 101 cm³/mol. The van der Waals surface area contributed by atoms with Crippen LogP contribution in [0.2, 0.25) is 0 Å². The molecule has 7 heteroatoms. The number of furan rings is 1. The van der Waals surface area contributed by atoms with Crippen molar-refractivity contribution >= 4 is 11.6 Å². The van der Waals surface area contributed by atoms with Crippen LogP contribution in [0.15, 0.2) is 59.5 Å². The zero-order valence-corrected chi connectivity index (χ0v) is 15.2. The van der Waals surface area contributed by atoms with Gasteiger partial charge in [-0.1, -0.05) is 6.07 Å².